The van der Waals surface area contributed by atoms with E-state index < -0.39 is 20.9 Å². The summed E-state index contributed by atoms with van der Waals surface area (Å²) in [6.45, 7) is 3.56. The third-order valence-corrected chi connectivity index (χ3v) is 7.41. The zero-order chi connectivity index (χ0) is 21.1. The molecule has 0 bridgehead atoms. The maximum atomic E-state index is 13.0. The number of halogens is 1. The summed E-state index contributed by atoms with van der Waals surface area (Å²) in [6.07, 6.45) is 1.10. The van der Waals surface area contributed by atoms with Crippen LogP contribution in [0, 0.1) is 0 Å². The Kier molecular flexibility index (Phi) is 6.66. The van der Waals surface area contributed by atoms with Crippen molar-refractivity contribution in [1.29, 1.82) is 0 Å². The normalized spacial score (nSPS) is 21.1. The minimum atomic E-state index is -3.75. The van der Waals surface area contributed by atoms with Crippen molar-refractivity contribution in [3.63, 3.8) is 0 Å². The molecule has 156 valence electrons. The number of ether oxygens (including phenoxy) is 1. The summed E-state index contributed by atoms with van der Waals surface area (Å²) in [5, 5.41) is 9.32. The molecule has 29 heavy (non-hydrogen) atoms. The summed E-state index contributed by atoms with van der Waals surface area (Å²) in [6, 6.07) is 16.8. The molecule has 1 heterocycles. The quantitative estimate of drug-likeness (QED) is 0.701. The molecule has 1 N–H and O–H groups in total. The molecule has 0 amide bonds. The first-order valence-corrected chi connectivity index (χ1v) is 11.5. The summed E-state index contributed by atoms with van der Waals surface area (Å²) < 4.78 is 36.1. The average Bonchev–Trinajstić information content (AvgIpc) is 2.65. The van der Waals surface area contributed by atoms with Gasteiger partial charge < -0.3 is 9.84 Å². The monoisotopic (exact) mass is 435 g/mol. The van der Waals surface area contributed by atoms with Crippen LogP contribution in [0.4, 0.5) is 0 Å². The number of sulfonamides is 1. The molecule has 1 unspecified atom stereocenters. The molecule has 0 spiro atoms. The van der Waals surface area contributed by atoms with Crippen LogP contribution in [0.5, 0.6) is 0 Å². The zero-order valence-corrected chi connectivity index (χ0v) is 18.2. The number of aliphatic hydroxyl groups is 1. The second-order valence-electron chi connectivity index (χ2n) is 7.85. The Morgan fingerprint density at radius 1 is 1.14 bits per heavy atom. The third-order valence-electron chi connectivity index (χ3n) is 5.25. The standard InChI is InChI=1S/C22H26ClNO4S/c1-22(2)20(14-16-6-4-3-5-7-16)29(26,27)24-21(28-22)15-18(12-13-25)17-8-10-19(23)11-9-17/h3-11,18,20,25H,12-15H2,1-2H3/t18-,20?/m1/s1. The van der Waals surface area contributed by atoms with Crippen LogP contribution in [0.3, 0.4) is 0 Å². The van der Waals surface area contributed by atoms with Crippen LogP contribution in [0.15, 0.2) is 59.0 Å². The lowest BCUT2D eigenvalue weighted by Crippen LogP contribution is -2.50. The first-order chi connectivity index (χ1) is 13.7. The smallest absolute Gasteiger partial charge is 0.263 e. The zero-order valence-electron chi connectivity index (χ0n) is 16.6. The number of hydrogen-bond acceptors (Lipinski definition) is 4. The van der Waals surface area contributed by atoms with E-state index in [1.165, 1.54) is 0 Å². The van der Waals surface area contributed by atoms with Gasteiger partial charge in [-0.2, -0.15) is 0 Å². The van der Waals surface area contributed by atoms with Crippen LogP contribution in [0.25, 0.3) is 0 Å². The highest BCUT2D eigenvalue weighted by Crippen LogP contribution is 2.34. The van der Waals surface area contributed by atoms with Crippen LogP contribution >= 0.6 is 11.6 Å². The van der Waals surface area contributed by atoms with Gasteiger partial charge in [0, 0.05) is 18.1 Å². The van der Waals surface area contributed by atoms with Gasteiger partial charge in [-0.25, -0.2) is 8.42 Å². The van der Waals surface area contributed by atoms with E-state index in [9.17, 15) is 13.5 Å². The van der Waals surface area contributed by atoms with E-state index in [2.05, 4.69) is 4.40 Å². The lowest BCUT2D eigenvalue weighted by molar-refractivity contribution is 0.0798. The molecule has 2 aromatic carbocycles. The lowest BCUT2D eigenvalue weighted by atomic mass is 9.92. The molecule has 2 aromatic rings. The summed E-state index contributed by atoms with van der Waals surface area (Å²) >= 11 is 5.97. The molecule has 5 nitrogen and oxygen atoms in total. The number of rotatable bonds is 7. The van der Waals surface area contributed by atoms with E-state index in [1.807, 2.05) is 42.5 Å². The summed E-state index contributed by atoms with van der Waals surface area (Å²) in [4.78, 5) is 0. The highest BCUT2D eigenvalue weighted by atomic mass is 35.5. The highest BCUT2D eigenvalue weighted by molar-refractivity contribution is 7.91. The van der Waals surface area contributed by atoms with Crippen LogP contribution in [0.2, 0.25) is 5.02 Å². The Labute approximate surface area is 177 Å². The maximum Gasteiger partial charge on any atom is 0.263 e. The molecule has 2 atom stereocenters. The van der Waals surface area contributed by atoms with Crippen LogP contribution in [-0.4, -0.2) is 36.9 Å². The van der Waals surface area contributed by atoms with Gasteiger partial charge in [-0.3, -0.25) is 0 Å². The Morgan fingerprint density at radius 2 is 1.79 bits per heavy atom. The summed E-state index contributed by atoms with van der Waals surface area (Å²) in [5.74, 6) is 0.0698. The van der Waals surface area contributed by atoms with Crippen molar-refractivity contribution < 1.29 is 18.3 Å². The Balaban J connectivity index is 1.85. The maximum absolute atomic E-state index is 13.0. The van der Waals surface area contributed by atoms with Gasteiger partial charge >= 0.3 is 0 Å². The predicted molar refractivity (Wildman–Crippen MR) is 116 cm³/mol. The van der Waals surface area contributed by atoms with Crippen molar-refractivity contribution in [1.82, 2.24) is 0 Å². The van der Waals surface area contributed by atoms with E-state index in [0.717, 1.165) is 11.1 Å². The molecule has 7 heteroatoms. The van der Waals surface area contributed by atoms with Gasteiger partial charge in [-0.05, 0) is 55.9 Å². The summed E-state index contributed by atoms with van der Waals surface area (Å²) in [5.41, 5.74) is 0.960. The molecule has 3 rings (SSSR count). The third kappa shape index (κ3) is 5.38. The Morgan fingerprint density at radius 3 is 2.38 bits per heavy atom. The van der Waals surface area contributed by atoms with E-state index >= 15 is 0 Å². The molecule has 0 aromatic heterocycles. The fourth-order valence-corrected chi connectivity index (χ4v) is 5.52. The van der Waals surface area contributed by atoms with Gasteiger partial charge in [0.25, 0.3) is 10.0 Å². The van der Waals surface area contributed by atoms with E-state index in [-0.39, 0.29) is 18.4 Å². The molecule has 0 saturated heterocycles. The van der Waals surface area contributed by atoms with Gasteiger partial charge in [0.2, 0.25) is 5.90 Å². The van der Waals surface area contributed by atoms with Crippen LogP contribution < -0.4 is 0 Å². The molecule has 0 saturated carbocycles. The van der Waals surface area contributed by atoms with Gasteiger partial charge in [0.1, 0.15) is 10.9 Å². The number of hydrogen-bond donors (Lipinski definition) is 1. The molecular weight excluding hydrogens is 410 g/mol. The highest BCUT2D eigenvalue weighted by Gasteiger charge is 2.46. The van der Waals surface area contributed by atoms with Crippen molar-refractivity contribution >= 4 is 27.5 Å². The predicted octanol–water partition coefficient (Wildman–Crippen LogP) is 4.34. The Bertz CT molecular complexity index is 956. The molecule has 0 aliphatic carbocycles. The molecule has 0 fully saturated rings. The topological polar surface area (TPSA) is 76.0 Å². The van der Waals surface area contributed by atoms with Crippen molar-refractivity contribution in [2.24, 2.45) is 4.40 Å². The fraction of sp³-hybridized carbons (Fsp3) is 0.409. The van der Waals surface area contributed by atoms with Crippen molar-refractivity contribution in [2.45, 2.75) is 49.9 Å². The number of benzene rings is 2. The Hall–Kier alpha value is -1.89. The molecule has 0 radical (unpaired) electrons. The van der Waals surface area contributed by atoms with Crippen LogP contribution in [0.1, 0.15) is 43.7 Å². The van der Waals surface area contributed by atoms with Gasteiger partial charge in [0.15, 0.2) is 0 Å². The average molecular weight is 436 g/mol. The molecule has 1 aliphatic heterocycles. The van der Waals surface area contributed by atoms with Crippen molar-refractivity contribution in [3.05, 3.63) is 70.7 Å². The number of aliphatic hydroxyl groups excluding tert-OH is 1. The minimum Gasteiger partial charge on any atom is -0.473 e. The number of nitrogens with zero attached hydrogens (tertiary/aromatic N) is 1. The fourth-order valence-electron chi connectivity index (χ4n) is 3.70. The first kappa shape index (κ1) is 21.8. The lowest BCUT2D eigenvalue weighted by Gasteiger charge is -2.37. The van der Waals surface area contributed by atoms with Crippen molar-refractivity contribution in [2.75, 3.05) is 6.61 Å². The second-order valence-corrected chi connectivity index (χ2v) is 10.1. The minimum absolute atomic E-state index is 0.0205. The van der Waals surface area contributed by atoms with E-state index in [4.69, 9.17) is 16.3 Å². The van der Waals surface area contributed by atoms with Gasteiger partial charge in [0.05, 0.1) is 0 Å². The SMILES string of the molecule is CC1(C)OC(C[C@@H](CCO)c2ccc(Cl)cc2)=NS(=O)(=O)C1Cc1ccccc1. The van der Waals surface area contributed by atoms with Gasteiger partial charge in [-0.1, -0.05) is 54.1 Å². The van der Waals surface area contributed by atoms with E-state index in [1.54, 1.807) is 26.0 Å². The van der Waals surface area contributed by atoms with E-state index in [0.29, 0.717) is 24.3 Å². The summed E-state index contributed by atoms with van der Waals surface area (Å²) in [7, 11) is -3.75. The molecular formula is C22H26ClNO4S. The second kappa shape index (κ2) is 8.86. The van der Waals surface area contributed by atoms with Crippen molar-refractivity contribution in [3.8, 4) is 0 Å². The van der Waals surface area contributed by atoms with Gasteiger partial charge in [-0.15, -0.1) is 4.40 Å². The largest absolute Gasteiger partial charge is 0.473 e. The van der Waals surface area contributed by atoms with Crippen LogP contribution in [-0.2, 0) is 21.2 Å². The first-order valence-electron chi connectivity index (χ1n) is 9.63. The molecule has 1 aliphatic rings.